The molecule has 0 bridgehead atoms. The fourth-order valence-electron chi connectivity index (χ4n) is 2.01. The van der Waals surface area contributed by atoms with Gasteiger partial charge in [-0.05, 0) is 24.8 Å². The number of hydrogen-bond acceptors (Lipinski definition) is 2. The molecule has 2 nitrogen and oxygen atoms in total. The fourth-order valence-corrected chi connectivity index (χ4v) is 2.34. The Morgan fingerprint density at radius 1 is 1.33 bits per heavy atom. The molecular formula is C17H17BrNOY-. The van der Waals surface area contributed by atoms with E-state index < -0.39 is 0 Å². The maximum atomic E-state index is 5.49. The first-order valence-electron chi connectivity index (χ1n) is 6.47. The molecule has 0 atom stereocenters. The Balaban J connectivity index is 0.00000220. The van der Waals surface area contributed by atoms with Crippen molar-refractivity contribution in [2.75, 3.05) is 13.2 Å². The van der Waals surface area contributed by atoms with Crippen LogP contribution < -0.4 is 4.74 Å². The van der Waals surface area contributed by atoms with Gasteiger partial charge in [0.15, 0.2) is 0 Å². The molecule has 2 rings (SSSR count). The minimum Gasteiger partial charge on any atom is -0.490 e. The Kier molecular flexibility index (Phi) is 7.65. The molecule has 1 aliphatic heterocycles. The Morgan fingerprint density at radius 3 is 2.57 bits per heavy atom. The summed E-state index contributed by atoms with van der Waals surface area (Å²) >= 11 is 3.49. The van der Waals surface area contributed by atoms with Gasteiger partial charge in [0.2, 0.25) is 0 Å². The molecule has 4 heteroatoms. The summed E-state index contributed by atoms with van der Waals surface area (Å²) in [5.41, 5.74) is 3.07. The molecule has 0 aromatic heterocycles. The van der Waals surface area contributed by atoms with Crippen LogP contribution in [0.3, 0.4) is 0 Å². The molecule has 0 amide bonds. The van der Waals surface area contributed by atoms with E-state index in [1.165, 1.54) is 0 Å². The van der Waals surface area contributed by atoms with Gasteiger partial charge in [0.05, 0.1) is 0 Å². The minimum absolute atomic E-state index is 0. The van der Waals surface area contributed by atoms with Crippen LogP contribution >= 0.6 is 15.9 Å². The van der Waals surface area contributed by atoms with Crippen LogP contribution in [0.15, 0.2) is 59.8 Å². The molecule has 1 aliphatic rings. The fraction of sp³-hybridized carbons (Fsp3) is 0.176. The Labute approximate surface area is 160 Å². The van der Waals surface area contributed by atoms with E-state index >= 15 is 0 Å². The van der Waals surface area contributed by atoms with E-state index in [0.717, 1.165) is 33.7 Å². The molecule has 0 saturated heterocycles. The van der Waals surface area contributed by atoms with E-state index in [4.69, 9.17) is 4.74 Å². The van der Waals surface area contributed by atoms with Crippen LogP contribution in [0.2, 0.25) is 0 Å². The molecule has 0 aliphatic carbocycles. The van der Waals surface area contributed by atoms with Gasteiger partial charge in [0.1, 0.15) is 12.4 Å². The summed E-state index contributed by atoms with van der Waals surface area (Å²) < 4.78 is 6.46. The minimum atomic E-state index is 0. The summed E-state index contributed by atoms with van der Waals surface area (Å²) in [5, 5.41) is 0. The third kappa shape index (κ3) is 4.42. The number of allylic oxidation sites excluding steroid dienone is 3. The molecule has 1 aromatic carbocycles. The van der Waals surface area contributed by atoms with Gasteiger partial charge in [-0.15, -0.1) is 28.1 Å². The van der Waals surface area contributed by atoms with Crippen molar-refractivity contribution in [3.05, 3.63) is 71.4 Å². The standard InChI is InChI=1S/C17H17BrNO.Y/c1-4-12-20-15-8-6-14(7-9-15)17-11-10-16(18)13(3)19(17)5-2;/h4,6-10H,1,3,5,12H2,2H3;/q-1;. The van der Waals surface area contributed by atoms with Crippen molar-refractivity contribution in [1.82, 2.24) is 4.90 Å². The van der Waals surface area contributed by atoms with E-state index in [2.05, 4.69) is 47.0 Å². The first-order chi connectivity index (χ1) is 9.67. The van der Waals surface area contributed by atoms with Crippen LogP contribution in [0.1, 0.15) is 12.5 Å². The summed E-state index contributed by atoms with van der Waals surface area (Å²) in [6, 6.07) is 7.97. The van der Waals surface area contributed by atoms with Gasteiger partial charge in [0, 0.05) is 39.3 Å². The van der Waals surface area contributed by atoms with E-state index in [1.54, 1.807) is 6.08 Å². The van der Waals surface area contributed by atoms with Crippen molar-refractivity contribution >= 4 is 21.6 Å². The first-order valence-corrected chi connectivity index (χ1v) is 7.26. The summed E-state index contributed by atoms with van der Waals surface area (Å²) in [5.74, 6) is 0.837. The number of nitrogens with zero attached hydrogens (tertiary/aromatic N) is 1. The molecule has 1 aromatic rings. The maximum absolute atomic E-state index is 5.49. The molecule has 0 fully saturated rings. The number of rotatable bonds is 5. The van der Waals surface area contributed by atoms with Crippen LogP contribution in [0.4, 0.5) is 0 Å². The average Bonchev–Trinajstić information content (AvgIpc) is 2.48. The molecule has 0 unspecified atom stereocenters. The number of benzene rings is 1. The topological polar surface area (TPSA) is 12.5 Å². The van der Waals surface area contributed by atoms with Gasteiger partial charge in [-0.2, -0.15) is 12.2 Å². The maximum Gasteiger partial charge on any atom is 0.117 e. The van der Waals surface area contributed by atoms with Crippen molar-refractivity contribution in [3.63, 3.8) is 0 Å². The zero-order valence-electron chi connectivity index (χ0n) is 12.1. The summed E-state index contributed by atoms with van der Waals surface area (Å²) in [4.78, 5) is 2.13. The first kappa shape index (κ1) is 18.4. The van der Waals surface area contributed by atoms with E-state index in [-0.39, 0.29) is 32.7 Å². The van der Waals surface area contributed by atoms with E-state index in [0.29, 0.717) is 6.61 Å². The average molecular weight is 420 g/mol. The Hall–Kier alpha value is -0.636. The monoisotopic (exact) mass is 419 g/mol. The van der Waals surface area contributed by atoms with E-state index in [9.17, 15) is 0 Å². The number of hydrogen-bond donors (Lipinski definition) is 0. The Bertz CT molecular complexity index is 575. The van der Waals surface area contributed by atoms with Gasteiger partial charge < -0.3 is 9.64 Å². The van der Waals surface area contributed by atoms with E-state index in [1.807, 2.05) is 30.3 Å². The molecule has 21 heavy (non-hydrogen) atoms. The van der Waals surface area contributed by atoms with Crippen LogP contribution in [-0.2, 0) is 32.7 Å². The quantitative estimate of drug-likeness (QED) is 0.513. The van der Waals surface area contributed by atoms with Crippen LogP contribution in [0.5, 0.6) is 5.75 Å². The molecule has 107 valence electrons. The second kappa shape index (κ2) is 8.72. The van der Waals surface area contributed by atoms with Gasteiger partial charge in [-0.1, -0.05) is 35.0 Å². The summed E-state index contributed by atoms with van der Waals surface area (Å²) in [6.45, 7) is 11.2. The predicted molar refractivity (Wildman–Crippen MR) is 87.3 cm³/mol. The predicted octanol–water partition coefficient (Wildman–Crippen LogP) is 4.52. The number of ether oxygens (including phenoxy) is 1. The van der Waals surface area contributed by atoms with Crippen molar-refractivity contribution in [3.8, 4) is 5.75 Å². The SMILES string of the molecule is C=CCOc1ccc(C2=[C-]C=C(Br)C(=C)N2CC)cc1.[Y]. The molecule has 1 heterocycles. The molecule has 1 radical (unpaired) electrons. The van der Waals surface area contributed by atoms with Gasteiger partial charge in [0.25, 0.3) is 0 Å². The van der Waals surface area contributed by atoms with Crippen molar-refractivity contribution < 1.29 is 37.4 Å². The summed E-state index contributed by atoms with van der Waals surface area (Å²) in [7, 11) is 0. The smallest absolute Gasteiger partial charge is 0.117 e. The van der Waals surface area contributed by atoms with Crippen LogP contribution in [-0.4, -0.2) is 18.1 Å². The normalized spacial score (nSPS) is 14.0. The second-order valence-electron chi connectivity index (χ2n) is 4.30. The van der Waals surface area contributed by atoms with Crippen molar-refractivity contribution in [2.45, 2.75) is 6.92 Å². The number of halogens is 1. The van der Waals surface area contributed by atoms with Crippen LogP contribution in [0.25, 0.3) is 5.70 Å². The zero-order chi connectivity index (χ0) is 14.5. The second-order valence-corrected chi connectivity index (χ2v) is 5.15. The van der Waals surface area contributed by atoms with Crippen molar-refractivity contribution in [2.24, 2.45) is 0 Å². The molecular weight excluding hydrogens is 403 g/mol. The van der Waals surface area contributed by atoms with Gasteiger partial charge in [-0.25, -0.2) is 0 Å². The molecule has 0 saturated carbocycles. The number of likely N-dealkylation sites (N-methyl/N-ethyl adjacent to an activating group) is 1. The van der Waals surface area contributed by atoms with Crippen molar-refractivity contribution in [1.29, 1.82) is 0 Å². The molecule has 0 N–H and O–H groups in total. The van der Waals surface area contributed by atoms with Gasteiger partial charge >= 0.3 is 0 Å². The summed E-state index contributed by atoms with van der Waals surface area (Å²) in [6.07, 6.45) is 6.94. The zero-order valence-corrected chi connectivity index (χ0v) is 16.5. The van der Waals surface area contributed by atoms with Gasteiger partial charge in [-0.3, -0.25) is 0 Å². The molecule has 0 spiro atoms. The van der Waals surface area contributed by atoms with Crippen LogP contribution in [0, 0.1) is 6.08 Å². The third-order valence-corrected chi connectivity index (χ3v) is 3.71. The Morgan fingerprint density at radius 2 is 2.00 bits per heavy atom. The largest absolute Gasteiger partial charge is 0.490 e. The third-order valence-electron chi connectivity index (χ3n) is 3.02.